The van der Waals surface area contributed by atoms with Gasteiger partial charge >= 0.3 is 0 Å². The van der Waals surface area contributed by atoms with E-state index in [0.29, 0.717) is 17.7 Å². The Labute approximate surface area is 111 Å². The van der Waals surface area contributed by atoms with Crippen LogP contribution in [0.15, 0.2) is 0 Å². The second-order valence-electron chi connectivity index (χ2n) is 5.19. The van der Waals surface area contributed by atoms with Crippen molar-refractivity contribution in [2.75, 3.05) is 19.0 Å². The van der Waals surface area contributed by atoms with Crippen molar-refractivity contribution in [3.63, 3.8) is 0 Å². The molecule has 1 saturated heterocycles. The fraction of sp³-hybridized carbons (Fsp3) is 0.929. The second kappa shape index (κ2) is 7.97. The summed E-state index contributed by atoms with van der Waals surface area (Å²) in [6.45, 7) is 6.13. The van der Waals surface area contributed by atoms with Crippen molar-refractivity contribution in [2.45, 2.75) is 52.4 Å². The van der Waals surface area contributed by atoms with E-state index in [1.807, 2.05) is 0 Å². The van der Waals surface area contributed by atoms with Gasteiger partial charge in [0, 0.05) is 24.9 Å². The Morgan fingerprint density at radius 1 is 1.47 bits per heavy atom. The molecule has 0 aromatic carbocycles. The normalized spacial score (nSPS) is 22.5. The van der Waals surface area contributed by atoms with Gasteiger partial charge in [-0.1, -0.05) is 26.7 Å². The molecule has 1 rings (SSSR count). The van der Waals surface area contributed by atoms with Crippen LogP contribution in [-0.2, 0) is 4.79 Å². The predicted octanol–water partition coefficient (Wildman–Crippen LogP) is 3.68. The average Bonchev–Trinajstić information content (AvgIpc) is 2.39. The molecule has 2 unspecified atom stereocenters. The van der Waals surface area contributed by atoms with Crippen molar-refractivity contribution in [1.29, 1.82) is 0 Å². The average molecular weight is 260 g/mol. The van der Waals surface area contributed by atoms with E-state index in [1.165, 1.54) is 12.8 Å². The number of unbranched alkanes of at least 4 members (excludes halogenated alkanes) is 1. The third-order valence-electron chi connectivity index (χ3n) is 3.80. The molecule has 3 heteroatoms. The maximum atomic E-state index is 12.4. The highest BCUT2D eigenvalue weighted by Gasteiger charge is 2.27. The summed E-state index contributed by atoms with van der Waals surface area (Å²) >= 11 is 5.91. The molecule has 0 radical (unpaired) electrons. The number of carbonyl (C=O) groups is 1. The molecule has 100 valence electrons. The lowest BCUT2D eigenvalue weighted by Crippen LogP contribution is -2.43. The van der Waals surface area contributed by atoms with Crippen LogP contribution in [-0.4, -0.2) is 29.8 Å². The fourth-order valence-corrected chi connectivity index (χ4v) is 2.85. The first-order valence-electron chi connectivity index (χ1n) is 7.07. The number of halogens is 1. The minimum Gasteiger partial charge on any atom is -0.342 e. The number of rotatable bonds is 6. The van der Waals surface area contributed by atoms with E-state index >= 15 is 0 Å². The molecule has 0 spiro atoms. The lowest BCUT2D eigenvalue weighted by Gasteiger charge is -2.34. The molecule has 0 aromatic rings. The molecule has 0 saturated carbocycles. The third kappa shape index (κ3) is 4.50. The van der Waals surface area contributed by atoms with Crippen LogP contribution < -0.4 is 0 Å². The van der Waals surface area contributed by atoms with Crippen molar-refractivity contribution < 1.29 is 4.79 Å². The third-order valence-corrected chi connectivity index (χ3v) is 4.23. The molecule has 2 atom stereocenters. The molecule has 0 aromatic heterocycles. The number of nitrogens with zero attached hydrogens (tertiary/aromatic N) is 1. The molecule has 0 aliphatic carbocycles. The first kappa shape index (κ1) is 14.8. The summed E-state index contributed by atoms with van der Waals surface area (Å²) in [5.74, 6) is 1.81. The molecule has 1 amide bonds. The van der Waals surface area contributed by atoms with Crippen LogP contribution in [0.25, 0.3) is 0 Å². The van der Waals surface area contributed by atoms with Crippen LogP contribution in [0, 0.1) is 11.8 Å². The number of hydrogen-bond acceptors (Lipinski definition) is 1. The van der Waals surface area contributed by atoms with Crippen LogP contribution in [0.3, 0.4) is 0 Å². The lowest BCUT2D eigenvalue weighted by atomic mass is 9.94. The summed E-state index contributed by atoms with van der Waals surface area (Å²) in [6, 6.07) is 0. The first-order chi connectivity index (χ1) is 8.22. The number of amides is 1. The summed E-state index contributed by atoms with van der Waals surface area (Å²) in [5, 5.41) is 0. The van der Waals surface area contributed by atoms with Crippen molar-refractivity contribution >= 4 is 17.5 Å². The molecule has 1 heterocycles. The standard InChI is InChI=1S/C14H26ClNO/c1-3-5-8-13(4-2)14(17)16-9-6-7-12(10-15)11-16/h12-13H,3-11H2,1-2H3. The van der Waals surface area contributed by atoms with E-state index in [-0.39, 0.29) is 5.92 Å². The molecule has 17 heavy (non-hydrogen) atoms. The smallest absolute Gasteiger partial charge is 0.225 e. The topological polar surface area (TPSA) is 20.3 Å². The van der Waals surface area contributed by atoms with Gasteiger partial charge in [-0.25, -0.2) is 0 Å². The summed E-state index contributed by atoms with van der Waals surface area (Å²) in [4.78, 5) is 14.4. The highest BCUT2D eigenvalue weighted by atomic mass is 35.5. The van der Waals surface area contributed by atoms with Gasteiger partial charge in [-0.05, 0) is 31.6 Å². The molecule has 0 N–H and O–H groups in total. The molecule has 1 fully saturated rings. The quantitative estimate of drug-likeness (QED) is 0.667. The van der Waals surface area contributed by atoms with Crippen LogP contribution in [0.1, 0.15) is 52.4 Å². The SMILES string of the molecule is CCCCC(CC)C(=O)N1CCCC(CCl)C1. The van der Waals surface area contributed by atoms with E-state index in [2.05, 4.69) is 18.7 Å². The van der Waals surface area contributed by atoms with Crippen LogP contribution in [0.2, 0.25) is 0 Å². The predicted molar refractivity (Wildman–Crippen MR) is 73.3 cm³/mol. The van der Waals surface area contributed by atoms with E-state index in [4.69, 9.17) is 11.6 Å². The fourth-order valence-electron chi connectivity index (χ4n) is 2.60. The molecule has 0 bridgehead atoms. The number of hydrogen-bond donors (Lipinski definition) is 0. The summed E-state index contributed by atoms with van der Waals surface area (Å²) in [6.07, 6.45) is 6.66. The molecule has 1 aliphatic heterocycles. The lowest BCUT2D eigenvalue weighted by molar-refractivity contribution is -0.137. The molecule has 2 nitrogen and oxygen atoms in total. The Morgan fingerprint density at radius 2 is 2.24 bits per heavy atom. The largest absolute Gasteiger partial charge is 0.342 e. The van der Waals surface area contributed by atoms with Crippen molar-refractivity contribution in [1.82, 2.24) is 4.90 Å². The minimum atomic E-state index is 0.240. The summed E-state index contributed by atoms with van der Waals surface area (Å²) in [5.41, 5.74) is 0. The van der Waals surface area contributed by atoms with Gasteiger partial charge in [0.1, 0.15) is 0 Å². The molecular weight excluding hydrogens is 234 g/mol. The Bertz CT molecular complexity index is 232. The Kier molecular flexibility index (Phi) is 6.94. The van der Waals surface area contributed by atoms with Crippen LogP contribution in [0.4, 0.5) is 0 Å². The highest BCUT2D eigenvalue weighted by Crippen LogP contribution is 2.22. The molecule has 1 aliphatic rings. The monoisotopic (exact) mass is 259 g/mol. The van der Waals surface area contributed by atoms with Crippen molar-refractivity contribution in [3.05, 3.63) is 0 Å². The van der Waals surface area contributed by atoms with Gasteiger partial charge in [-0.15, -0.1) is 11.6 Å². The number of likely N-dealkylation sites (tertiary alicyclic amines) is 1. The van der Waals surface area contributed by atoms with Crippen LogP contribution in [0.5, 0.6) is 0 Å². The second-order valence-corrected chi connectivity index (χ2v) is 5.50. The van der Waals surface area contributed by atoms with Gasteiger partial charge in [0.25, 0.3) is 0 Å². The minimum absolute atomic E-state index is 0.240. The first-order valence-corrected chi connectivity index (χ1v) is 7.61. The zero-order valence-electron chi connectivity index (χ0n) is 11.3. The summed E-state index contributed by atoms with van der Waals surface area (Å²) < 4.78 is 0. The van der Waals surface area contributed by atoms with E-state index in [0.717, 1.165) is 38.8 Å². The maximum Gasteiger partial charge on any atom is 0.225 e. The van der Waals surface area contributed by atoms with Crippen molar-refractivity contribution in [2.24, 2.45) is 11.8 Å². The van der Waals surface area contributed by atoms with E-state index in [1.54, 1.807) is 0 Å². The zero-order chi connectivity index (χ0) is 12.7. The Morgan fingerprint density at radius 3 is 2.82 bits per heavy atom. The van der Waals surface area contributed by atoms with Crippen molar-refractivity contribution in [3.8, 4) is 0 Å². The molecular formula is C14H26ClNO. The number of carbonyl (C=O) groups excluding carboxylic acids is 1. The van der Waals surface area contributed by atoms with Gasteiger partial charge in [-0.3, -0.25) is 4.79 Å². The highest BCUT2D eigenvalue weighted by molar-refractivity contribution is 6.18. The van der Waals surface area contributed by atoms with Gasteiger partial charge in [-0.2, -0.15) is 0 Å². The Hall–Kier alpha value is -0.240. The maximum absolute atomic E-state index is 12.4. The zero-order valence-corrected chi connectivity index (χ0v) is 12.0. The number of piperidine rings is 1. The van der Waals surface area contributed by atoms with Gasteiger partial charge in [0.15, 0.2) is 0 Å². The van der Waals surface area contributed by atoms with Gasteiger partial charge < -0.3 is 4.90 Å². The van der Waals surface area contributed by atoms with E-state index < -0.39 is 0 Å². The van der Waals surface area contributed by atoms with Gasteiger partial charge in [0.05, 0.1) is 0 Å². The van der Waals surface area contributed by atoms with Gasteiger partial charge in [0.2, 0.25) is 5.91 Å². The van der Waals surface area contributed by atoms with E-state index in [9.17, 15) is 4.79 Å². The summed E-state index contributed by atoms with van der Waals surface area (Å²) in [7, 11) is 0. The van der Waals surface area contributed by atoms with Crippen LogP contribution >= 0.6 is 11.6 Å². The Balaban J connectivity index is 2.48. The number of alkyl halides is 1.